The van der Waals surface area contributed by atoms with Crippen molar-refractivity contribution in [1.82, 2.24) is 19.4 Å². The van der Waals surface area contributed by atoms with Crippen LogP contribution in [0, 0.1) is 0 Å². The summed E-state index contributed by atoms with van der Waals surface area (Å²) < 4.78 is 14.2. The second-order valence-electron chi connectivity index (χ2n) is 7.50. The SMILES string of the molecule is O=C(c1cnc[nH]1)N1CCC(Oc2cccc3c2ccn3C2CCOC2)CC1. The highest BCUT2D eigenvalue weighted by Crippen LogP contribution is 2.32. The lowest BCUT2D eigenvalue weighted by Crippen LogP contribution is -2.41. The molecule has 2 fully saturated rings. The first-order chi connectivity index (χ1) is 13.8. The van der Waals surface area contributed by atoms with E-state index < -0.39 is 0 Å². The number of carbonyl (C=O) groups excluding carboxylic acids is 1. The van der Waals surface area contributed by atoms with Crippen LogP contribution in [-0.2, 0) is 4.74 Å². The van der Waals surface area contributed by atoms with Gasteiger partial charge in [0.05, 0.1) is 30.7 Å². The number of ether oxygens (including phenoxy) is 2. The molecule has 2 aliphatic rings. The first-order valence-corrected chi connectivity index (χ1v) is 9.91. The molecule has 146 valence electrons. The normalized spacial score (nSPS) is 20.7. The Kier molecular flexibility index (Phi) is 4.52. The van der Waals surface area contributed by atoms with Crippen molar-refractivity contribution in [2.45, 2.75) is 31.4 Å². The van der Waals surface area contributed by atoms with Gasteiger partial charge < -0.3 is 23.9 Å². The summed E-state index contributed by atoms with van der Waals surface area (Å²) in [6.07, 6.45) is 8.08. The van der Waals surface area contributed by atoms with Gasteiger partial charge in [-0.3, -0.25) is 4.79 Å². The molecule has 0 spiro atoms. The third-order valence-corrected chi connectivity index (χ3v) is 5.77. The maximum atomic E-state index is 12.4. The molecule has 2 aliphatic heterocycles. The molecule has 0 aliphatic carbocycles. The molecule has 4 heterocycles. The topological polar surface area (TPSA) is 72.4 Å². The van der Waals surface area contributed by atoms with Crippen LogP contribution in [0.4, 0.5) is 0 Å². The Balaban J connectivity index is 1.27. The largest absolute Gasteiger partial charge is 0.490 e. The van der Waals surface area contributed by atoms with E-state index in [1.807, 2.05) is 11.0 Å². The Bertz CT molecular complexity index is 951. The number of nitrogens with one attached hydrogen (secondary N) is 1. The van der Waals surface area contributed by atoms with Crippen LogP contribution >= 0.6 is 0 Å². The average molecular weight is 380 g/mol. The van der Waals surface area contributed by atoms with Gasteiger partial charge in [0.1, 0.15) is 17.5 Å². The Labute approximate surface area is 163 Å². The van der Waals surface area contributed by atoms with Crippen LogP contribution in [0.1, 0.15) is 35.8 Å². The zero-order chi connectivity index (χ0) is 18.9. The highest BCUT2D eigenvalue weighted by molar-refractivity contribution is 5.92. The molecule has 1 unspecified atom stereocenters. The molecule has 7 heteroatoms. The molecule has 0 saturated carbocycles. The molecular weight excluding hydrogens is 356 g/mol. The Morgan fingerprint density at radius 2 is 2.11 bits per heavy atom. The van der Waals surface area contributed by atoms with E-state index in [0.29, 0.717) is 24.8 Å². The lowest BCUT2D eigenvalue weighted by Gasteiger charge is -2.32. The van der Waals surface area contributed by atoms with Crippen LogP contribution in [0.5, 0.6) is 5.75 Å². The summed E-state index contributed by atoms with van der Waals surface area (Å²) in [5.41, 5.74) is 1.74. The van der Waals surface area contributed by atoms with Gasteiger partial charge in [0, 0.05) is 44.1 Å². The minimum absolute atomic E-state index is 0.00825. The van der Waals surface area contributed by atoms with Gasteiger partial charge in [0.25, 0.3) is 5.91 Å². The molecule has 0 radical (unpaired) electrons. The molecule has 3 aromatic rings. The standard InChI is InChI=1S/C21H24N4O3/c26-21(18-12-22-14-23-18)24-8-4-16(5-9-24)28-20-3-1-2-19-17(20)6-10-25(19)15-7-11-27-13-15/h1-3,6,10,12,14-16H,4-5,7-9,11,13H2,(H,22,23). The summed E-state index contributed by atoms with van der Waals surface area (Å²) in [6.45, 7) is 2.99. The van der Waals surface area contributed by atoms with Gasteiger partial charge in [0.15, 0.2) is 0 Å². The predicted molar refractivity (Wildman–Crippen MR) is 105 cm³/mol. The summed E-state index contributed by atoms with van der Waals surface area (Å²) in [7, 11) is 0. The van der Waals surface area contributed by atoms with Gasteiger partial charge in [-0.25, -0.2) is 4.98 Å². The van der Waals surface area contributed by atoms with Crippen molar-refractivity contribution in [3.05, 3.63) is 48.7 Å². The number of imidazole rings is 1. The van der Waals surface area contributed by atoms with E-state index in [9.17, 15) is 4.79 Å². The van der Waals surface area contributed by atoms with Crippen molar-refractivity contribution in [3.63, 3.8) is 0 Å². The maximum absolute atomic E-state index is 12.4. The number of aromatic amines is 1. The van der Waals surface area contributed by atoms with Gasteiger partial charge in [-0.1, -0.05) is 6.07 Å². The second-order valence-corrected chi connectivity index (χ2v) is 7.50. The van der Waals surface area contributed by atoms with E-state index in [2.05, 4.69) is 38.9 Å². The number of piperidine rings is 1. The molecular formula is C21H24N4O3. The molecule has 7 nitrogen and oxygen atoms in total. The summed E-state index contributed by atoms with van der Waals surface area (Å²) >= 11 is 0. The number of carbonyl (C=O) groups is 1. The smallest absolute Gasteiger partial charge is 0.271 e. The van der Waals surface area contributed by atoms with Crippen molar-refractivity contribution < 1.29 is 14.3 Å². The number of hydrogen-bond acceptors (Lipinski definition) is 4. The van der Waals surface area contributed by atoms with Gasteiger partial charge >= 0.3 is 0 Å². The molecule has 0 bridgehead atoms. The molecule has 1 amide bonds. The van der Waals surface area contributed by atoms with Crippen molar-refractivity contribution in [1.29, 1.82) is 0 Å². The highest BCUT2D eigenvalue weighted by Gasteiger charge is 2.26. The van der Waals surface area contributed by atoms with E-state index in [0.717, 1.165) is 43.6 Å². The molecule has 28 heavy (non-hydrogen) atoms. The summed E-state index contributed by atoms with van der Waals surface area (Å²) in [4.78, 5) is 21.1. The Morgan fingerprint density at radius 1 is 1.21 bits per heavy atom. The first-order valence-electron chi connectivity index (χ1n) is 9.91. The maximum Gasteiger partial charge on any atom is 0.271 e. The Morgan fingerprint density at radius 3 is 2.86 bits per heavy atom. The summed E-state index contributed by atoms with van der Waals surface area (Å²) in [5, 5.41) is 1.14. The van der Waals surface area contributed by atoms with Crippen LogP contribution in [0.25, 0.3) is 10.9 Å². The molecule has 2 saturated heterocycles. The van der Waals surface area contributed by atoms with E-state index in [4.69, 9.17) is 9.47 Å². The minimum atomic E-state index is 0.00825. The average Bonchev–Trinajstić information content (AvgIpc) is 3.49. The quantitative estimate of drug-likeness (QED) is 0.755. The van der Waals surface area contributed by atoms with E-state index in [1.54, 1.807) is 6.20 Å². The highest BCUT2D eigenvalue weighted by atomic mass is 16.5. The van der Waals surface area contributed by atoms with Gasteiger partial charge in [-0.2, -0.15) is 0 Å². The fraction of sp³-hybridized carbons (Fsp3) is 0.429. The van der Waals surface area contributed by atoms with Crippen LogP contribution in [-0.4, -0.2) is 57.7 Å². The molecule has 5 rings (SSSR count). The fourth-order valence-corrected chi connectivity index (χ4v) is 4.22. The number of nitrogens with zero attached hydrogens (tertiary/aromatic N) is 3. The van der Waals surface area contributed by atoms with E-state index in [1.165, 1.54) is 11.8 Å². The number of hydrogen-bond donors (Lipinski definition) is 1. The number of H-pyrrole nitrogens is 1. The number of rotatable bonds is 4. The fourth-order valence-electron chi connectivity index (χ4n) is 4.22. The van der Waals surface area contributed by atoms with Gasteiger partial charge in [-0.15, -0.1) is 0 Å². The van der Waals surface area contributed by atoms with Gasteiger partial charge in [-0.05, 0) is 24.6 Å². The zero-order valence-electron chi connectivity index (χ0n) is 15.7. The lowest BCUT2D eigenvalue weighted by molar-refractivity contribution is 0.0593. The lowest BCUT2D eigenvalue weighted by atomic mass is 10.1. The molecule has 2 aromatic heterocycles. The van der Waals surface area contributed by atoms with E-state index >= 15 is 0 Å². The molecule has 1 atom stereocenters. The molecule has 1 aromatic carbocycles. The monoisotopic (exact) mass is 380 g/mol. The van der Waals surface area contributed by atoms with Gasteiger partial charge in [0.2, 0.25) is 0 Å². The van der Waals surface area contributed by atoms with Crippen LogP contribution in [0.2, 0.25) is 0 Å². The predicted octanol–water partition coefficient (Wildman–Crippen LogP) is 3.01. The molecule has 1 N–H and O–H groups in total. The number of fused-ring (bicyclic) bond motifs is 1. The third kappa shape index (κ3) is 3.16. The number of likely N-dealkylation sites (tertiary alicyclic amines) is 1. The minimum Gasteiger partial charge on any atom is -0.490 e. The van der Waals surface area contributed by atoms with Crippen LogP contribution in [0.3, 0.4) is 0 Å². The van der Waals surface area contributed by atoms with E-state index in [-0.39, 0.29) is 12.0 Å². The zero-order valence-corrected chi connectivity index (χ0v) is 15.7. The van der Waals surface area contributed by atoms with Crippen molar-refractivity contribution in [2.24, 2.45) is 0 Å². The van der Waals surface area contributed by atoms with Crippen molar-refractivity contribution in [3.8, 4) is 5.75 Å². The second kappa shape index (κ2) is 7.31. The van der Waals surface area contributed by atoms with Crippen molar-refractivity contribution in [2.75, 3.05) is 26.3 Å². The third-order valence-electron chi connectivity index (χ3n) is 5.77. The summed E-state index contributed by atoms with van der Waals surface area (Å²) in [6, 6.07) is 8.79. The summed E-state index contributed by atoms with van der Waals surface area (Å²) in [5.74, 6) is 0.933. The Hall–Kier alpha value is -2.80. The number of benzene rings is 1. The number of aromatic nitrogens is 3. The first kappa shape index (κ1) is 17.3. The van der Waals surface area contributed by atoms with Crippen molar-refractivity contribution >= 4 is 16.8 Å². The van der Waals surface area contributed by atoms with Crippen LogP contribution in [0.15, 0.2) is 43.0 Å². The van der Waals surface area contributed by atoms with Crippen LogP contribution < -0.4 is 4.74 Å². The number of amides is 1.